The summed E-state index contributed by atoms with van der Waals surface area (Å²) >= 11 is 0. The van der Waals surface area contributed by atoms with Crippen molar-refractivity contribution in [3.05, 3.63) is 65.6 Å². The van der Waals surface area contributed by atoms with Gasteiger partial charge in [-0.2, -0.15) is 0 Å². The van der Waals surface area contributed by atoms with Gasteiger partial charge in [0.25, 0.3) is 0 Å². The van der Waals surface area contributed by atoms with Gasteiger partial charge in [-0.3, -0.25) is 4.79 Å². The number of imidazole rings is 1. The second-order valence-electron chi connectivity index (χ2n) is 5.61. The second kappa shape index (κ2) is 5.30. The lowest BCUT2D eigenvalue weighted by molar-refractivity contribution is -0.117. The number of benzene rings is 1. The molecule has 4 heteroatoms. The molecule has 0 saturated heterocycles. The molecular weight excluding hydrogens is 276 g/mol. The van der Waals surface area contributed by atoms with Crippen molar-refractivity contribution in [3.63, 3.8) is 0 Å². The third kappa shape index (κ3) is 2.37. The van der Waals surface area contributed by atoms with Crippen molar-refractivity contribution in [1.82, 2.24) is 9.38 Å². The zero-order valence-corrected chi connectivity index (χ0v) is 12.2. The Morgan fingerprint density at radius 1 is 1.23 bits per heavy atom. The number of nitrogens with zero attached hydrogens (tertiary/aromatic N) is 2. The molecular formula is C18H16N2O2. The van der Waals surface area contributed by atoms with Crippen molar-refractivity contribution < 1.29 is 9.53 Å². The lowest BCUT2D eigenvalue weighted by atomic mass is 10.0. The molecule has 4 rings (SSSR count). The molecule has 1 aliphatic rings. The highest BCUT2D eigenvalue weighted by Crippen LogP contribution is 2.26. The number of hydrogen-bond acceptors (Lipinski definition) is 3. The van der Waals surface area contributed by atoms with Crippen LogP contribution in [0.4, 0.5) is 0 Å². The van der Waals surface area contributed by atoms with Crippen LogP contribution in [-0.4, -0.2) is 21.8 Å². The second-order valence-corrected chi connectivity index (χ2v) is 5.61. The summed E-state index contributed by atoms with van der Waals surface area (Å²) in [7, 11) is 0. The van der Waals surface area contributed by atoms with Crippen LogP contribution >= 0.6 is 0 Å². The van der Waals surface area contributed by atoms with Crippen LogP contribution in [0.2, 0.25) is 0 Å². The predicted molar refractivity (Wildman–Crippen MR) is 83.2 cm³/mol. The monoisotopic (exact) mass is 292 g/mol. The van der Waals surface area contributed by atoms with Crippen molar-refractivity contribution in [2.24, 2.45) is 0 Å². The van der Waals surface area contributed by atoms with Crippen LogP contribution in [0.25, 0.3) is 5.65 Å². The maximum absolute atomic E-state index is 12.4. The van der Waals surface area contributed by atoms with Gasteiger partial charge >= 0.3 is 0 Å². The first-order valence-electron chi connectivity index (χ1n) is 7.47. The number of carbonyl (C=O) groups is 1. The first-order chi connectivity index (χ1) is 10.8. The van der Waals surface area contributed by atoms with Crippen molar-refractivity contribution in [2.75, 3.05) is 6.61 Å². The number of carbonyl (C=O) groups excluding carboxylic acids is 1. The van der Waals surface area contributed by atoms with Crippen LogP contribution in [0, 0.1) is 0 Å². The Balaban J connectivity index is 1.52. The van der Waals surface area contributed by atoms with Crippen LogP contribution in [0.5, 0.6) is 5.75 Å². The molecule has 0 aliphatic carbocycles. The van der Waals surface area contributed by atoms with Crippen LogP contribution in [-0.2, 0) is 24.1 Å². The van der Waals surface area contributed by atoms with Crippen molar-refractivity contribution in [1.29, 1.82) is 0 Å². The number of fused-ring (bicyclic) bond motifs is 2. The van der Waals surface area contributed by atoms with Gasteiger partial charge in [0.2, 0.25) is 0 Å². The maximum atomic E-state index is 12.4. The standard InChI is InChI=1S/C18H16N2O2/c21-16(11-13-4-5-17-14(10-13)6-9-22-17)12-15-2-1-3-18-19-7-8-20(15)18/h1-5,7-8,10H,6,9,11-12H2. The van der Waals surface area contributed by atoms with E-state index >= 15 is 0 Å². The molecule has 0 fully saturated rings. The minimum absolute atomic E-state index is 0.208. The summed E-state index contributed by atoms with van der Waals surface area (Å²) in [4.78, 5) is 16.6. The van der Waals surface area contributed by atoms with E-state index in [0.29, 0.717) is 12.8 Å². The molecule has 0 N–H and O–H groups in total. The zero-order valence-electron chi connectivity index (χ0n) is 12.2. The van der Waals surface area contributed by atoms with Gasteiger partial charge in [-0.05, 0) is 29.3 Å². The first-order valence-corrected chi connectivity index (χ1v) is 7.47. The Hall–Kier alpha value is -2.62. The molecule has 110 valence electrons. The molecule has 22 heavy (non-hydrogen) atoms. The summed E-state index contributed by atoms with van der Waals surface area (Å²) in [6, 6.07) is 11.9. The van der Waals surface area contributed by atoms with Crippen molar-refractivity contribution >= 4 is 11.4 Å². The largest absolute Gasteiger partial charge is 0.493 e. The lowest BCUT2D eigenvalue weighted by Gasteiger charge is -2.06. The van der Waals surface area contributed by atoms with E-state index in [1.807, 2.05) is 40.9 Å². The van der Waals surface area contributed by atoms with Crippen LogP contribution in [0.3, 0.4) is 0 Å². The number of pyridine rings is 1. The van der Waals surface area contributed by atoms with Gasteiger partial charge in [0.1, 0.15) is 17.2 Å². The van der Waals surface area contributed by atoms with Gasteiger partial charge < -0.3 is 9.14 Å². The smallest absolute Gasteiger partial charge is 0.143 e. The molecule has 0 bridgehead atoms. The number of aromatic nitrogens is 2. The Morgan fingerprint density at radius 3 is 3.14 bits per heavy atom. The average molecular weight is 292 g/mol. The van der Waals surface area contributed by atoms with E-state index in [2.05, 4.69) is 11.1 Å². The quantitative estimate of drug-likeness (QED) is 0.742. The summed E-state index contributed by atoms with van der Waals surface area (Å²) in [6.45, 7) is 0.745. The van der Waals surface area contributed by atoms with E-state index in [-0.39, 0.29) is 5.78 Å². The summed E-state index contributed by atoms with van der Waals surface area (Å²) < 4.78 is 7.46. The van der Waals surface area contributed by atoms with Crippen LogP contribution < -0.4 is 4.74 Å². The number of rotatable bonds is 4. The molecule has 1 aromatic carbocycles. The summed E-state index contributed by atoms with van der Waals surface area (Å²) in [6.07, 6.45) is 5.46. The van der Waals surface area contributed by atoms with E-state index in [1.165, 1.54) is 5.56 Å². The first kappa shape index (κ1) is 13.1. The molecule has 0 atom stereocenters. The lowest BCUT2D eigenvalue weighted by Crippen LogP contribution is -2.09. The fraction of sp³-hybridized carbons (Fsp3) is 0.222. The minimum Gasteiger partial charge on any atom is -0.493 e. The summed E-state index contributed by atoms with van der Waals surface area (Å²) in [5, 5.41) is 0. The molecule has 2 aromatic heterocycles. The Kier molecular flexibility index (Phi) is 3.15. The minimum atomic E-state index is 0.208. The topological polar surface area (TPSA) is 43.6 Å². The zero-order chi connectivity index (χ0) is 14.9. The third-order valence-corrected chi connectivity index (χ3v) is 4.05. The van der Waals surface area contributed by atoms with E-state index < -0.39 is 0 Å². The van der Waals surface area contributed by atoms with Gasteiger partial charge in [-0.1, -0.05) is 18.2 Å². The van der Waals surface area contributed by atoms with Gasteiger partial charge in [0, 0.05) is 37.4 Å². The van der Waals surface area contributed by atoms with E-state index in [9.17, 15) is 4.79 Å². The number of hydrogen-bond donors (Lipinski definition) is 0. The van der Waals surface area contributed by atoms with E-state index in [0.717, 1.165) is 35.7 Å². The highest BCUT2D eigenvalue weighted by molar-refractivity contribution is 5.83. The van der Waals surface area contributed by atoms with Gasteiger partial charge in [0.05, 0.1) is 6.61 Å². The van der Waals surface area contributed by atoms with Gasteiger partial charge in [0.15, 0.2) is 0 Å². The van der Waals surface area contributed by atoms with Crippen molar-refractivity contribution in [3.8, 4) is 5.75 Å². The Labute approximate surface area is 128 Å². The number of Topliss-reactive ketones (excluding diaryl/α,β-unsaturated/α-hetero) is 1. The molecule has 0 saturated carbocycles. The van der Waals surface area contributed by atoms with Gasteiger partial charge in [-0.25, -0.2) is 4.98 Å². The van der Waals surface area contributed by atoms with Gasteiger partial charge in [-0.15, -0.1) is 0 Å². The Bertz CT molecular complexity index is 851. The van der Waals surface area contributed by atoms with Crippen LogP contribution in [0.1, 0.15) is 16.8 Å². The number of ether oxygens (including phenoxy) is 1. The average Bonchev–Trinajstić information content (AvgIpc) is 3.15. The van der Waals surface area contributed by atoms with E-state index in [4.69, 9.17) is 4.74 Å². The number of ketones is 1. The molecule has 3 heterocycles. The fourth-order valence-corrected chi connectivity index (χ4v) is 2.99. The summed E-state index contributed by atoms with van der Waals surface area (Å²) in [5.74, 6) is 1.17. The fourth-order valence-electron chi connectivity index (χ4n) is 2.99. The molecule has 0 radical (unpaired) electrons. The highest BCUT2D eigenvalue weighted by Gasteiger charge is 2.14. The molecule has 4 nitrogen and oxygen atoms in total. The van der Waals surface area contributed by atoms with Crippen molar-refractivity contribution in [2.45, 2.75) is 19.3 Å². The van der Waals surface area contributed by atoms with E-state index in [1.54, 1.807) is 6.20 Å². The highest BCUT2D eigenvalue weighted by atomic mass is 16.5. The predicted octanol–water partition coefficient (Wildman–Crippen LogP) is 2.62. The van der Waals surface area contributed by atoms with Crippen LogP contribution in [0.15, 0.2) is 48.8 Å². The molecule has 0 spiro atoms. The molecule has 3 aromatic rings. The maximum Gasteiger partial charge on any atom is 0.143 e. The SMILES string of the molecule is O=C(Cc1ccc2c(c1)CCO2)Cc1cccc2nccn12. The third-order valence-electron chi connectivity index (χ3n) is 4.05. The molecule has 1 aliphatic heterocycles. The Morgan fingerprint density at radius 2 is 2.18 bits per heavy atom. The normalized spacial score (nSPS) is 13.1. The molecule has 0 unspecified atom stereocenters. The molecule has 0 amide bonds. The summed E-state index contributed by atoms with van der Waals surface area (Å²) in [5.41, 5.74) is 4.12.